The molecule has 0 aliphatic rings. The number of aromatic hydroxyl groups is 1. The minimum atomic E-state index is 0.230. The van der Waals surface area contributed by atoms with Crippen molar-refractivity contribution in [3.05, 3.63) is 94.1 Å². The van der Waals surface area contributed by atoms with Gasteiger partial charge in [0.25, 0.3) is 0 Å². The van der Waals surface area contributed by atoms with Crippen molar-refractivity contribution in [3.63, 3.8) is 0 Å². The Morgan fingerprint density at radius 3 is 1.38 bits per heavy atom. The largest absolute Gasteiger partial charge is 0.508 e. The highest BCUT2D eigenvalue weighted by molar-refractivity contribution is 5.42. The monoisotopic (exact) mass is 282 g/mol. The Kier molecular flexibility index (Phi) is 14.7. The Morgan fingerprint density at radius 2 is 0.952 bits per heavy atom. The Morgan fingerprint density at radius 1 is 0.571 bits per heavy atom. The topological polar surface area (TPSA) is 45.0 Å². The summed E-state index contributed by atoms with van der Waals surface area (Å²) in [6.07, 6.45) is 0. The van der Waals surface area contributed by atoms with Crippen LogP contribution >= 0.6 is 0 Å². The first-order valence-electron chi connectivity index (χ1n) is 6.10. The van der Waals surface area contributed by atoms with Crippen LogP contribution in [0.25, 0.3) is 0 Å². The van der Waals surface area contributed by atoms with Gasteiger partial charge in [0.2, 0.25) is 0 Å². The van der Waals surface area contributed by atoms with E-state index in [9.17, 15) is 0 Å². The number of azo groups is 1. The van der Waals surface area contributed by atoms with E-state index in [4.69, 9.17) is 5.11 Å². The average Bonchev–Trinajstić information content (AvgIpc) is 2.61. The maximum absolute atomic E-state index is 9.07. The molecule has 0 unspecified atom stereocenters. The maximum atomic E-state index is 9.07. The molecule has 0 heterocycles. The highest BCUT2D eigenvalue weighted by Crippen LogP contribution is 2.19. The van der Waals surface area contributed by atoms with Crippen molar-refractivity contribution in [1.29, 1.82) is 0 Å². The van der Waals surface area contributed by atoms with Crippen molar-refractivity contribution in [3.8, 4) is 5.75 Å². The standard InChI is InChI=1S/C12H10N2O.3C2H4/c15-12-8-6-11(7-9-12)14-13-10-4-2-1-3-5-10;3*1-2/h1-9,15H;3*1-2H2. The fraction of sp³-hybridized carbons (Fsp3) is 0. The zero-order valence-corrected chi connectivity index (χ0v) is 12.3. The molecular formula is C18H22N2O. The van der Waals surface area contributed by atoms with Crippen molar-refractivity contribution >= 4 is 11.4 Å². The molecule has 3 nitrogen and oxygen atoms in total. The molecule has 2 rings (SSSR count). The van der Waals surface area contributed by atoms with Gasteiger partial charge in [-0.15, -0.1) is 39.5 Å². The van der Waals surface area contributed by atoms with Gasteiger partial charge in [-0.3, -0.25) is 0 Å². The lowest BCUT2D eigenvalue weighted by atomic mass is 10.3. The summed E-state index contributed by atoms with van der Waals surface area (Å²) in [4.78, 5) is 0. The summed E-state index contributed by atoms with van der Waals surface area (Å²) < 4.78 is 0. The summed E-state index contributed by atoms with van der Waals surface area (Å²) in [6, 6.07) is 16.1. The van der Waals surface area contributed by atoms with E-state index in [2.05, 4.69) is 49.7 Å². The highest BCUT2D eigenvalue weighted by atomic mass is 16.3. The van der Waals surface area contributed by atoms with Gasteiger partial charge in [-0.2, -0.15) is 10.2 Å². The summed E-state index contributed by atoms with van der Waals surface area (Å²) in [5, 5.41) is 17.2. The molecule has 0 saturated heterocycles. The Labute approximate surface area is 127 Å². The first-order chi connectivity index (χ1) is 10.3. The van der Waals surface area contributed by atoms with E-state index >= 15 is 0 Å². The Balaban J connectivity index is 0. The molecule has 2 aromatic carbocycles. The molecule has 0 radical (unpaired) electrons. The van der Waals surface area contributed by atoms with Crippen molar-refractivity contribution < 1.29 is 5.11 Å². The number of nitrogens with zero attached hydrogens (tertiary/aromatic N) is 2. The molecule has 0 bridgehead atoms. The van der Waals surface area contributed by atoms with Crippen LogP contribution in [0.15, 0.2) is 104 Å². The Bertz CT molecular complexity index is 488. The SMILES string of the molecule is C=C.C=C.C=C.Oc1ccc(N=Nc2ccccc2)cc1. The second-order valence-corrected chi connectivity index (χ2v) is 3.05. The van der Waals surface area contributed by atoms with E-state index in [-0.39, 0.29) is 5.75 Å². The maximum Gasteiger partial charge on any atom is 0.115 e. The van der Waals surface area contributed by atoms with Gasteiger partial charge < -0.3 is 5.11 Å². The van der Waals surface area contributed by atoms with Crippen LogP contribution in [0.2, 0.25) is 0 Å². The molecule has 1 N–H and O–H groups in total. The fourth-order valence-electron chi connectivity index (χ4n) is 1.13. The zero-order chi connectivity index (χ0) is 16.5. The Hall–Kier alpha value is -2.94. The van der Waals surface area contributed by atoms with E-state index in [0.29, 0.717) is 0 Å². The first kappa shape index (κ1) is 20.4. The molecule has 110 valence electrons. The minimum absolute atomic E-state index is 0.230. The molecule has 0 atom stereocenters. The summed E-state index contributed by atoms with van der Waals surface area (Å²) in [5.74, 6) is 0.230. The average molecular weight is 282 g/mol. The van der Waals surface area contributed by atoms with E-state index in [1.807, 2.05) is 30.3 Å². The minimum Gasteiger partial charge on any atom is -0.508 e. The van der Waals surface area contributed by atoms with Gasteiger partial charge in [-0.05, 0) is 36.4 Å². The highest BCUT2D eigenvalue weighted by Gasteiger charge is 1.90. The van der Waals surface area contributed by atoms with Crippen molar-refractivity contribution in [2.24, 2.45) is 10.2 Å². The summed E-state index contributed by atoms with van der Waals surface area (Å²) in [7, 11) is 0. The van der Waals surface area contributed by atoms with E-state index in [1.165, 1.54) is 0 Å². The van der Waals surface area contributed by atoms with Crippen LogP contribution in [0, 0.1) is 0 Å². The number of phenolic OH excluding ortho intramolecular Hbond substituents is 1. The first-order valence-corrected chi connectivity index (χ1v) is 6.10. The molecule has 21 heavy (non-hydrogen) atoms. The normalized spacial score (nSPS) is 8.19. The van der Waals surface area contributed by atoms with Gasteiger partial charge >= 0.3 is 0 Å². The van der Waals surface area contributed by atoms with Gasteiger partial charge in [0.1, 0.15) is 5.75 Å². The van der Waals surface area contributed by atoms with Gasteiger partial charge in [0.15, 0.2) is 0 Å². The van der Waals surface area contributed by atoms with Crippen LogP contribution in [0.4, 0.5) is 11.4 Å². The molecule has 0 amide bonds. The number of hydrogen-bond donors (Lipinski definition) is 1. The molecule has 0 spiro atoms. The zero-order valence-electron chi connectivity index (χ0n) is 12.3. The molecule has 0 aliphatic carbocycles. The summed E-state index contributed by atoms with van der Waals surface area (Å²) in [5.41, 5.74) is 1.53. The molecule has 0 aliphatic heterocycles. The lowest BCUT2D eigenvalue weighted by Crippen LogP contribution is -1.64. The molecule has 0 saturated carbocycles. The lowest BCUT2D eigenvalue weighted by Gasteiger charge is -1.93. The molecule has 0 aromatic heterocycles. The smallest absolute Gasteiger partial charge is 0.115 e. The van der Waals surface area contributed by atoms with E-state index in [0.717, 1.165) is 11.4 Å². The van der Waals surface area contributed by atoms with E-state index in [1.54, 1.807) is 24.3 Å². The molecular weight excluding hydrogens is 260 g/mol. The van der Waals surface area contributed by atoms with Crippen LogP contribution in [-0.4, -0.2) is 5.11 Å². The lowest BCUT2D eigenvalue weighted by molar-refractivity contribution is 0.475. The number of benzene rings is 2. The summed E-state index contributed by atoms with van der Waals surface area (Å²) in [6.45, 7) is 18.0. The third-order valence-electron chi connectivity index (χ3n) is 1.89. The predicted octanol–water partition coefficient (Wildman–Crippen LogP) is 6.21. The second kappa shape index (κ2) is 15.1. The van der Waals surface area contributed by atoms with Crippen LogP contribution < -0.4 is 0 Å². The fourth-order valence-corrected chi connectivity index (χ4v) is 1.13. The van der Waals surface area contributed by atoms with Gasteiger partial charge in [0, 0.05) is 0 Å². The van der Waals surface area contributed by atoms with Crippen molar-refractivity contribution in [2.45, 2.75) is 0 Å². The van der Waals surface area contributed by atoms with Gasteiger partial charge in [0.05, 0.1) is 11.4 Å². The van der Waals surface area contributed by atoms with Gasteiger partial charge in [-0.25, -0.2) is 0 Å². The number of rotatable bonds is 2. The predicted molar refractivity (Wildman–Crippen MR) is 92.5 cm³/mol. The van der Waals surface area contributed by atoms with Crippen molar-refractivity contribution in [2.75, 3.05) is 0 Å². The third kappa shape index (κ3) is 9.62. The van der Waals surface area contributed by atoms with Crippen LogP contribution in [0.3, 0.4) is 0 Å². The number of hydrogen-bond acceptors (Lipinski definition) is 3. The second-order valence-electron chi connectivity index (χ2n) is 3.05. The molecule has 0 fully saturated rings. The van der Waals surface area contributed by atoms with Crippen molar-refractivity contribution in [1.82, 2.24) is 0 Å². The third-order valence-corrected chi connectivity index (χ3v) is 1.89. The van der Waals surface area contributed by atoms with E-state index < -0.39 is 0 Å². The quantitative estimate of drug-likeness (QED) is 0.516. The van der Waals surface area contributed by atoms with Crippen LogP contribution in [0.5, 0.6) is 5.75 Å². The molecule has 2 aromatic rings. The van der Waals surface area contributed by atoms with Gasteiger partial charge in [-0.1, -0.05) is 18.2 Å². The number of phenols is 1. The molecule has 3 heteroatoms. The summed E-state index contributed by atoms with van der Waals surface area (Å²) >= 11 is 0. The van der Waals surface area contributed by atoms with Crippen LogP contribution in [0.1, 0.15) is 0 Å². The van der Waals surface area contributed by atoms with Crippen LogP contribution in [-0.2, 0) is 0 Å².